The Morgan fingerprint density at radius 3 is 2.69 bits per heavy atom. The standard InChI is InChI=1S/C27H30FN7/c28-23-13-20(24-3-1-2-10-30-24)6-7-21(23)16-32-26-14-25(31-15-18-8-11-29-12-9-18)34-27-22(19-4-5-19)17-33-35(26)27/h1-3,6-7,10,13-14,17-19,29,32H,4-5,8-9,11-12,15-16H2,(H,31,34). The van der Waals surface area contributed by atoms with Crippen LogP contribution >= 0.6 is 0 Å². The number of nitrogens with one attached hydrogen (secondary N) is 3. The van der Waals surface area contributed by atoms with Crippen LogP contribution in [-0.2, 0) is 6.54 Å². The third kappa shape index (κ3) is 4.84. The van der Waals surface area contributed by atoms with Crippen LogP contribution in [0.3, 0.4) is 0 Å². The number of aromatic nitrogens is 4. The van der Waals surface area contributed by atoms with E-state index in [1.54, 1.807) is 12.3 Å². The molecule has 3 N–H and O–H groups in total. The van der Waals surface area contributed by atoms with Gasteiger partial charge in [-0.2, -0.15) is 9.61 Å². The van der Waals surface area contributed by atoms with Gasteiger partial charge in [-0.3, -0.25) is 4.98 Å². The zero-order chi connectivity index (χ0) is 23.6. The van der Waals surface area contributed by atoms with Gasteiger partial charge in [0.15, 0.2) is 5.65 Å². The van der Waals surface area contributed by atoms with E-state index in [0.29, 0.717) is 23.9 Å². The fourth-order valence-corrected chi connectivity index (χ4v) is 4.78. The largest absolute Gasteiger partial charge is 0.370 e. The van der Waals surface area contributed by atoms with Crippen LogP contribution in [0.4, 0.5) is 16.0 Å². The second-order valence-electron chi connectivity index (χ2n) is 9.59. The maximum absolute atomic E-state index is 15.0. The van der Waals surface area contributed by atoms with Crippen LogP contribution in [0.2, 0.25) is 0 Å². The summed E-state index contributed by atoms with van der Waals surface area (Å²) >= 11 is 0. The van der Waals surface area contributed by atoms with E-state index in [4.69, 9.17) is 4.98 Å². The molecular weight excluding hydrogens is 441 g/mol. The summed E-state index contributed by atoms with van der Waals surface area (Å²) in [6, 6.07) is 12.9. The first-order valence-electron chi connectivity index (χ1n) is 12.5. The Hall–Kier alpha value is -3.52. The molecule has 1 saturated carbocycles. The monoisotopic (exact) mass is 471 g/mol. The Kier molecular flexibility index (Phi) is 6.04. The van der Waals surface area contributed by atoms with Crippen LogP contribution in [0, 0.1) is 11.7 Å². The molecule has 0 amide bonds. The number of rotatable bonds is 8. The molecule has 0 bridgehead atoms. The maximum atomic E-state index is 15.0. The molecule has 7 nitrogen and oxygen atoms in total. The molecule has 1 saturated heterocycles. The molecule has 0 radical (unpaired) electrons. The van der Waals surface area contributed by atoms with Crippen molar-refractivity contribution in [3.63, 3.8) is 0 Å². The number of anilines is 2. The Morgan fingerprint density at radius 1 is 1.03 bits per heavy atom. The number of piperidine rings is 1. The third-order valence-electron chi connectivity index (χ3n) is 7.02. The van der Waals surface area contributed by atoms with E-state index in [2.05, 4.69) is 26.0 Å². The fourth-order valence-electron chi connectivity index (χ4n) is 4.78. The van der Waals surface area contributed by atoms with E-state index in [9.17, 15) is 4.39 Å². The van der Waals surface area contributed by atoms with Crippen molar-refractivity contribution in [1.29, 1.82) is 0 Å². The van der Waals surface area contributed by atoms with Crippen LogP contribution < -0.4 is 16.0 Å². The van der Waals surface area contributed by atoms with Crippen LogP contribution in [0.5, 0.6) is 0 Å². The second-order valence-corrected chi connectivity index (χ2v) is 9.59. The van der Waals surface area contributed by atoms with Gasteiger partial charge in [0.2, 0.25) is 0 Å². The van der Waals surface area contributed by atoms with Crippen molar-refractivity contribution >= 4 is 17.3 Å². The van der Waals surface area contributed by atoms with Crippen molar-refractivity contribution in [2.45, 2.75) is 38.1 Å². The van der Waals surface area contributed by atoms with Gasteiger partial charge in [0, 0.05) is 42.0 Å². The predicted octanol–water partition coefficient (Wildman–Crippen LogP) is 4.83. The van der Waals surface area contributed by atoms with Crippen molar-refractivity contribution in [2.75, 3.05) is 30.3 Å². The fraction of sp³-hybridized carbons (Fsp3) is 0.370. The molecule has 4 aromatic rings. The quantitative estimate of drug-likeness (QED) is 0.342. The van der Waals surface area contributed by atoms with E-state index >= 15 is 0 Å². The lowest BCUT2D eigenvalue weighted by Gasteiger charge is -2.23. The first kappa shape index (κ1) is 22.0. The lowest BCUT2D eigenvalue weighted by Crippen LogP contribution is -2.31. The molecule has 2 fully saturated rings. The first-order chi connectivity index (χ1) is 17.2. The normalized spacial score (nSPS) is 16.5. The molecule has 2 aliphatic rings. The highest BCUT2D eigenvalue weighted by atomic mass is 19.1. The van der Waals surface area contributed by atoms with Crippen molar-refractivity contribution < 1.29 is 4.39 Å². The second kappa shape index (κ2) is 9.62. The van der Waals surface area contributed by atoms with Gasteiger partial charge in [-0.05, 0) is 68.8 Å². The highest BCUT2D eigenvalue weighted by molar-refractivity contribution is 5.62. The summed E-state index contributed by atoms with van der Waals surface area (Å²) in [4.78, 5) is 9.23. The van der Waals surface area contributed by atoms with E-state index in [-0.39, 0.29) is 5.82 Å². The summed E-state index contributed by atoms with van der Waals surface area (Å²) < 4.78 is 16.8. The molecular formula is C27H30FN7. The van der Waals surface area contributed by atoms with E-state index < -0.39 is 0 Å². The van der Waals surface area contributed by atoms with Gasteiger partial charge in [0.1, 0.15) is 17.5 Å². The Bertz CT molecular complexity index is 1310. The summed E-state index contributed by atoms with van der Waals surface area (Å²) in [5, 5.41) is 15.0. The molecule has 4 heterocycles. The zero-order valence-electron chi connectivity index (χ0n) is 19.7. The number of pyridine rings is 1. The van der Waals surface area contributed by atoms with Crippen molar-refractivity contribution in [3.05, 3.63) is 71.8 Å². The first-order valence-corrected chi connectivity index (χ1v) is 12.5. The number of nitrogens with zero attached hydrogens (tertiary/aromatic N) is 4. The molecule has 180 valence electrons. The highest BCUT2D eigenvalue weighted by Gasteiger charge is 2.28. The van der Waals surface area contributed by atoms with E-state index in [1.165, 1.54) is 31.2 Å². The van der Waals surface area contributed by atoms with Crippen molar-refractivity contribution in [2.24, 2.45) is 5.92 Å². The lowest BCUT2D eigenvalue weighted by molar-refractivity contribution is 0.389. The average Bonchev–Trinajstić information content (AvgIpc) is 3.66. The number of halogens is 1. The van der Waals surface area contributed by atoms with Gasteiger partial charge in [0.25, 0.3) is 0 Å². The Labute approximate surface area is 204 Å². The van der Waals surface area contributed by atoms with Crippen LogP contribution in [-0.4, -0.2) is 39.2 Å². The SMILES string of the molecule is Fc1cc(-c2ccccn2)ccc1CNc1cc(NCC2CCNCC2)nc2c(C3CC3)cnn12. The molecule has 3 aromatic heterocycles. The van der Waals surface area contributed by atoms with E-state index in [1.807, 2.05) is 47.1 Å². The van der Waals surface area contributed by atoms with Crippen molar-refractivity contribution in [1.82, 2.24) is 24.9 Å². The Balaban J connectivity index is 1.23. The van der Waals surface area contributed by atoms with Gasteiger partial charge in [-0.1, -0.05) is 18.2 Å². The van der Waals surface area contributed by atoms with Gasteiger partial charge < -0.3 is 16.0 Å². The van der Waals surface area contributed by atoms with Gasteiger partial charge in [-0.25, -0.2) is 9.37 Å². The molecule has 35 heavy (non-hydrogen) atoms. The van der Waals surface area contributed by atoms with Crippen LogP contribution in [0.1, 0.15) is 42.7 Å². The third-order valence-corrected chi connectivity index (χ3v) is 7.02. The van der Waals surface area contributed by atoms with Crippen LogP contribution in [0.25, 0.3) is 16.9 Å². The highest BCUT2D eigenvalue weighted by Crippen LogP contribution is 2.42. The number of fused-ring (bicyclic) bond motifs is 1. The van der Waals surface area contributed by atoms with Gasteiger partial charge >= 0.3 is 0 Å². The van der Waals surface area contributed by atoms with Gasteiger partial charge in [-0.15, -0.1) is 0 Å². The summed E-state index contributed by atoms with van der Waals surface area (Å²) in [6.07, 6.45) is 8.37. The number of benzene rings is 1. The summed E-state index contributed by atoms with van der Waals surface area (Å²) in [5.74, 6) is 2.58. The minimum absolute atomic E-state index is 0.255. The number of hydrogen-bond acceptors (Lipinski definition) is 6. The summed E-state index contributed by atoms with van der Waals surface area (Å²) in [6.45, 7) is 3.40. The van der Waals surface area contributed by atoms with Gasteiger partial charge in [0.05, 0.1) is 11.9 Å². The smallest absolute Gasteiger partial charge is 0.163 e. The summed E-state index contributed by atoms with van der Waals surface area (Å²) in [7, 11) is 0. The zero-order valence-corrected chi connectivity index (χ0v) is 19.7. The number of hydrogen-bond donors (Lipinski definition) is 3. The van der Waals surface area contributed by atoms with E-state index in [0.717, 1.165) is 48.2 Å². The minimum atomic E-state index is -0.255. The molecule has 1 aliphatic carbocycles. The topological polar surface area (TPSA) is 79.2 Å². The molecule has 0 spiro atoms. The molecule has 1 aromatic carbocycles. The molecule has 0 unspecified atom stereocenters. The molecule has 0 atom stereocenters. The summed E-state index contributed by atoms with van der Waals surface area (Å²) in [5.41, 5.74) is 4.20. The minimum Gasteiger partial charge on any atom is -0.370 e. The van der Waals surface area contributed by atoms with Crippen LogP contribution in [0.15, 0.2) is 54.9 Å². The van der Waals surface area contributed by atoms with Crippen molar-refractivity contribution in [3.8, 4) is 11.3 Å². The Morgan fingerprint density at radius 2 is 1.91 bits per heavy atom. The predicted molar refractivity (Wildman–Crippen MR) is 136 cm³/mol. The molecule has 8 heteroatoms. The molecule has 1 aliphatic heterocycles. The average molecular weight is 472 g/mol. The lowest BCUT2D eigenvalue weighted by atomic mass is 9.98. The maximum Gasteiger partial charge on any atom is 0.163 e. The molecule has 6 rings (SSSR count).